The summed E-state index contributed by atoms with van der Waals surface area (Å²) in [6.07, 6.45) is 3.54. The van der Waals surface area contributed by atoms with E-state index in [2.05, 4.69) is 9.97 Å². The quantitative estimate of drug-likeness (QED) is 0.264. The van der Waals surface area contributed by atoms with Gasteiger partial charge in [-0.1, -0.05) is 12.1 Å². The maximum absolute atomic E-state index is 10.7. The molecule has 0 saturated carbocycles. The van der Waals surface area contributed by atoms with Crippen LogP contribution in [0.25, 0.3) is 11.4 Å². The van der Waals surface area contributed by atoms with Crippen molar-refractivity contribution in [1.29, 1.82) is 0 Å². The van der Waals surface area contributed by atoms with E-state index in [1.807, 2.05) is 36.4 Å². The summed E-state index contributed by atoms with van der Waals surface area (Å²) in [5, 5.41) is 0. The molecule has 0 radical (unpaired) electrons. The third-order valence-electron chi connectivity index (χ3n) is 1.59. The summed E-state index contributed by atoms with van der Waals surface area (Å²) in [7, 11) is -10.7. The van der Waals surface area contributed by atoms with Gasteiger partial charge in [0, 0.05) is 12.4 Å². The van der Waals surface area contributed by atoms with Crippen LogP contribution in [0.5, 0.6) is 0 Å². The van der Waals surface area contributed by atoms with Crippen molar-refractivity contribution < 1.29 is 72.4 Å². The van der Waals surface area contributed by atoms with Crippen molar-refractivity contribution in [2.75, 3.05) is 0 Å². The molecule has 0 amide bonds. The molecule has 2 aromatic heterocycles. The predicted molar refractivity (Wildman–Crippen MR) is 61.0 cm³/mol. The molecule has 0 unspecified atom stereocenters. The standard InChI is InChI=1S/C10H8N2.Au.2ClH.F6P/c1-3-7-11-9(5-1)10-6-2-4-8-12-10;;;;1-7(2,3,4,5)6/h1-8H;;2*1H;/q;+3;;;-1/p-2. The maximum Gasteiger partial charge on any atom is 3.00 e. The molecule has 0 aromatic carbocycles. The van der Waals surface area contributed by atoms with Gasteiger partial charge in [-0.2, -0.15) is 0 Å². The van der Waals surface area contributed by atoms with E-state index in [4.69, 9.17) is 0 Å². The van der Waals surface area contributed by atoms with Crippen molar-refractivity contribution in [3.05, 3.63) is 48.8 Å². The number of hydrogen-bond donors (Lipinski definition) is 0. The molecule has 22 heavy (non-hydrogen) atoms. The van der Waals surface area contributed by atoms with Crippen LogP contribution in [0, 0.1) is 0 Å². The molecule has 0 N–H and O–H groups in total. The summed E-state index contributed by atoms with van der Waals surface area (Å²) in [5.74, 6) is 0. The molecular formula is C10H8AuCl2F6N2P. The second-order valence-electron chi connectivity index (χ2n) is 3.39. The Hall–Kier alpha value is -0.370. The van der Waals surface area contributed by atoms with E-state index < -0.39 is 7.81 Å². The van der Waals surface area contributed by atoms with E-state index in [1.165, 1.54) is 0 Å². The van der Waals surface area contributed by atoms with Gasteiger partial charge >= 0.3 is 55.4 Å². The second-order valence-corrected chi connectivity index (χ2v) is 5.30. The fraction of sp³-hybridized carbons (Fsp3) is 0. The Kier molecular flexibility index (Phi) is 10.2. The average molecular weight is 569 g/mol. The molecule has 0 aliphatic carbocycles. The number of aromatic nitrogens is 2. The fourth-order valence-electron chi connectivity index (χ4n) is 1.03. The maximum atomic E-state index is 9.87. The van der Waals surface area contributed by atoms with Gasteiger partial charge in [0.15, 0.2) is 0 Å². The Balaban J connectivity index is -0.000000323. The first-order chi connectivity index (χ1) is 8.42. The molecule has 2 aromatic rings. The van der Waals surface area contributed by atoms with Crippen molar-refractivity contribution in [3.8, 4) is 11.4 Å². The van der Waals surface area contributed by atoms with E-state index in [1.54, 1.807) is 12.4 Å². The zero-order valence-corrected chi connectivity index (χ0v) is 14.9. The van der Waals surface area contributed by atoms with E-state index in [-0.39, 0.29) is 47.2 Å². The van der Waals surface area contributed by atoms with Gasteiger partial charge in [0.25, 0.3) is 0 Å². The minimum absolute atomic E-state index is 0. The molecule has 2 heterocycles. The zero-order chi connectivity index (χ0) is 14.6. The number of pyridine rings is 2. The zero-order valence-electron chi connectivity index (χ0n) is 10.3. The SMILES string of the molecule is F[P-](F)(F)(F)(F)F.[Au+3].[Cl-].[Cl-].c1ccc(-c2ccccn2)nc1. The number of hydrogen-bond acceptors (Lipinski definition) is 2. The van der Waals surface area contributed by atoms with Crippen molar-refractivity contribution in [2.24, 2.45) is 0 Å². The van der Waals surface area contributed by atoms with Crippen molar-refractivity contribution in [3.63, 3.8) is 0 Å². The monoisotopic (exact) mass is 568 g/mol. The Morgan fingerprint density at radius 3 is 1.09 bits per heavy atom. The van der Waals surface area contributed by atoms with Gasteiger partial charge in [0.1, 0.15) is 0 Å². The van der Waals surface area contributed by atoms with Crippen LogP contribution in [0.1, 0.15) is 0 Å². The van der Waals surface area contributed by atoms with Crippen LogP contribution in [0.3, 0.4) is 0 Å². The molecule has 0 aliphatic heterocycles. The molecule has 0 saturated heterocycles. The van der Waals surface area contributed by atoms with Crippen LogP contribution >= 0.6 is 7.81 Å². The first kappa shape index (κ1) is 26.5. The molecule has 0 atom stereocenters. The van der Waals surface area contributed by atoms with Crippen molar-refractivity contribution >= 4 is 7.81 Å². The van der Waals surface area contributed by atoms with Gasteiger partial charge in [-0.3, -0.25) is 9.97 Å². The normalized spacial score (nSPS) is 12.6. The molecule has 2 rings (SSSR count). The minimum atomic E-state index is -10.7. The molecule has 0 fully saturated rings. The summed E-state index contributed by atoms with van der Waals surface area (Å²) < 4.78 is 59.2. The Morgan fingerprint density at radius 1 is 0.636 bits per heavy atom. The van der Waals surface area contributed by atoms with Gasteiger partial charge in [-0.05, 0) is 24.3 Å². The third-order valence-corrected chi connectivity index (χ3v) is 1.59. The number of nitrogens with zero attached hydrogens (tertiary/aromatic N) is 2. The number of rotatable bonds is 1. The first-order valence-corrected chi connectivity index (χ1v) is 6.83. The topological polar surface area (TPSA) is 25.8 Å². The molecule has 130 valence electrons. The smallest absolute Gasteiger partial charge is 1.00 e. The van der Waals surface area contributed by atoms with E-state index in [0.29, 0.717) is 0 Å². The minimum Gasteiger partial charge on any atom is -1.00 e. The van der Waals surface area contributed by atoms with Crippen LogP contribution in [0.15, 0.2) is 48.8 Å². The van der Waals surface area contributed by atoms with Gasteiger partial charge in [-0.15, -0.1) is 0 Å². The van der Waals surface area contributed by atoms with Crippen molar-refractivity contribution in [2.45, 2.75) is 0 Å². The van der Waals surface area contributed by atoms with E-state index in [9.17, 15) is 25.2 Å². The fourth-order valence-corrected chi connectivity index (χ4v) is 1.03. The average Bonchev–Trinajstić information content (AvgIpc) is 2.27. The predicted octanol–water partition coefficient (Wildman–Crippen LogP) is -0.469. The van der Waals surface area contributed by atoms with Crippen LogP contribution in [-0.2, 0) is 22.4 Å². The van der Waals surface area contributed by atoms with Gasteiger partial charge in [0.2, 0.25) is 0 Å². The summed E-state index contributed by atoms with van der Waals surface area (Å²) in [4.78, 5) is 8.37. The molecular weight excluding hydrogens is 561 g/mol. The van der Waals surface area contributed by atoms with Crippen LogP contribution < -0.4 is 24.8 Å². The van der Waals surface area contributed by atoms with Gasteiger partial charge in [-0.25, -0.2) is 0 Å². The number of halogens is 8. The molecule has 0 aliphatic rings. The Morgan fingerprint density at radius 2 is 0.909 bits per heavy atom. The largest absolute Gasteiger partial charge is 3.00 e. The second kappa shape index (κ2) is 8.47. The van der Waals surface area contributed by atoms with E-state index in [0.717, 1.165) is 11.4 Å². The summed E-state index contributed by atoms with van der Waals surface area (Å²) in [6.45, 7) is 0. The summed E-state index contributed by atoms with van der Waals surface area (Å²) in [5.41, 5.74) is 1.83. The molecule has 0 bridgehead atoms. The molecule has 12 heteroatoms. The van der Waals surface area contributed by atoms with Crippen LogP contribution in [0.4, 0.5) is 25.2 Å². The Bertz CT molecular complexity index is 492. The third kappa shape index (κ3) is 17.7. The van der Waals surface area contributed by atoms with Crippen molar-refractivity contribution in [1.82, 2.24) is 9.97 Å². The first-order valence-electron chi connectivity index (χ1n) is 4.81. The molecule has 2 nitrogen and oxygen atoms in total. The summed E-state index contributed by atoms with van der Waals surface area (Å²) in [6, 6.07) is 11.6. The Labute approximate surface area is 150 Å². The van der Waals surface area contributed by atoms with Crippen LogP contribution in [-0.4, -0.2) is 9.97 Å². The van der Waals surface area contributed by atoms with Crippen LogP contribution in [0.2, 0.25) is 0 Å². The van der Waals surface area contributed by atoms with Gasteiger partial charge in [0.05, 0.1) is 11.4 Å². The van der Waals surface area contributed by atoms with Gasteiger partial charge < -0.3 is 24.8 Å². The van der Waals surface area contributed by atoms with E-state index >= 15 is 0 Å². The summed E-state index contributed by atoms with van der Waals surface area (Å²) >= 11 is 0. The molecule has 0 spiro atoms.